The zero-order valence-corrected chi connectivity index (χ0v) is 12.8. The number of carbonyl (C=O) groups is 2. The number of rotatable bonds is 6. The Kier molecular flexibility index (Phi) is 5.44. The van der Waals surface area contributed by atoms with Crippen molar-refractivity contribution in [3.05, 3.63) is 34.4 Å². The summed E-state index contributed by atoms with van der Waals surface area (Å²) in [7, 11) is 1.21. The molecule has 1 rings (SSSR count). The van der Waals surface area contributed by atoms with Gasteiger partial charge in [-0.2, -0.15) is 0 Å². The van der Waals surface area contributed by atoms with Gasteiger partial charge in [0.15, 0.2) is 11.4 Å². The van der Waals surface area contributed by atoms with Gasteiger partial charge in [0.05, 0.1) is 12.0 Å². The average molecular weight is 310 g/mol. The van der Waals surface area contributed by atoms with Gasteiger partial charge in [-0.05, 0) is 26.8 Å². The van der Waals surface area contributed by atoms with Gasteiger partial charge in [0.2, 0.25) is 0 Å². The summed E-state index contributed by atoms with van der Waals surface area (Å²) in [5.41, 5.74) is -1.65. The number of para-hydroxylation sites is 2. The Bertz CT molecular complexity index is 584. The maximum absolute atomic E-state index is 12.2. The van der Waals surface area contributed by atoms with Crippen molar-refractivity contribution in [2.45, 2.75) is 32.4 Å². The molecular formula is C14H18N2O6. The highest BCUT2D eigenvalue weighted by Gasteiger charge is 2.34. The molecule has 8 heteroatoms. The minimum atomic E-state index is -1.41. The number of nitrogens with zero attached hydrogens (tertiary/aromatic N) is 1. The van der Waals surface area contributed by atoms with Crippen LogP contribution in [0.2, 0.25) is 0 Å². The van der Waals surface area contributed by atoms with Crippen LogP contribution in [-0.2, 0) is 14.3 Å². The molecule has 1 atom stereocenters. The van der Waals surface area contributed by atoms with Gasteiger partial charge < -0.3 is 14.8 Å². The number of nitro groups is 1. The average Bonchev–Trinajstić information content (AvgIpc) is 2.46. The Balaban J connectivity index is 2.89. The molecule has 0 saturated heterocycles. The van der Waals surface area contributed by atoms with Gasteiger partial charge in [-0.1, -0.05) is 12.1 Å². The lowest BCUT2D eigenvalue weighted by molar-refractivity contribution is -0.386. The first-order valence-corrected chi connectivity index (χ1v) is 6.50. The van der Waals surface area contributed by atoms with Gasteiger partial charge in [0, 0.05) is 6.07 Å². The number of hydrogen-bond donors (Lipinski definition) is 1. The molecule has 0 aliphatic carbocycles. The molecular weight excluding hydrogens is 292 g/mol. The van der Waals surface area contributed by atoms with Gasteiger partial charge in [-0.15, -0.1) is 0 Å². The molecule has 0 bridgehead atoms. The maximum atomic E-state index is 12.2. The quantitative estimate of drug-likeness (QED) is 0.484. The first-order valence-electron chi connectivity index (χ1n) is 6.50. The lowest BCUT2D eigenvalue weighted by Gasteiger charge is -2.26. The highest BCUT2D eigenvalue weighted by atomic mass is 16.6. The number of hydrogen-bond acceptors (Lipinski definition) is 6. The van der Waals surface area contributed by atoms with E-state index < -0.39 is 28.4 Å². The van der Waals surface area contributed by atoms with Crippen LogP contribution in [0.3, 0.4) is 0 Å². The van der Waals surface area contributed by atoms with E-state index in [2.05, 4.69) is 10.1 Å². The molecule has 0 heterocycles. The zero-order valence-electron chi connectivity index (χ0n) is 12.8. The van der Waals surface area contributed by atoms with Gasteiger partial charge in [0.1, 0.15) is 6.04 Å². The van der Waals surface area contributed by atoms with Crippen molar-refractivity contribution in [2.75, 3.05) is 7.11 Å². The normalized spacial score (nSPS) is 12.2. The van der Waals surface area contributed by atoms with E-state index in [1.54, 1.807) is 6.07 Å². The molecule has 0 aliphatic heterocycles. The zero-order chi connectivity index (χ0) is 16.9. The van der Waals surface area contributed by atoms with Crippen molar-refractivity contribution >= 4 is 17.6 Å². The highest BCUT2D eigenvalue weighted by molar-refractivity contribution is 5.89. The smallest absolute Gasteiger partial charge is 0.328 e. The Morgan fingerprint density at radius 2 is 1.91 bits per heavy atom. The summed E-state index contributed by atoms with van der Waals surface area (Å²) in [4.78, 5) is 33.8. The second-order valence-corrected chi connectivity index (χ2v) is 5.06. The molecule has 0 fully saturated rings. The molecule has 1 N–H and O–H groups in total. The first-order chi connectivity index (χ1) is 10.2. The second kappa shape index (κ2) is 6.88. The van der Waals surface area contributed by atoms with E-state index >= 15 is 0 Å². The molecule has 1 aromatic carbocycles. The molecule has 0 radical (unpaired) electrons. The number of ether oxygens (including phenoxy) is 2. The number of amides is 1. The third kappa shape index (κ3) is 4.18. The molecule has 0 unspecified atom stereocenters. The Labute approximate surface area is 127 Å². The summed E-state index contributed by atoms with van der Waals surface area (Å²) in [5.74, 6) is -1.23. The molecule has 120 valence electrons. The van der Waals surface area contributed by atoms with Gasteiger partial charge in [-0.25, -0.2) is 4.79 Å². The number of nitro benzene ring substituents is 1. The fraction of sp³-hybridized carbons (Fsp3) is 0.429. The van der Waals surface area contributed by atoms with Crippen LogP contribution >= 0.6 is 0 Å². The van der Waals surface area contributed by atoms with Crippen LogP contribution in [0.4, 0.5) is 5.69 Å². The summed E-state index contributed by atoms with van der Waals surface area (Å²) < 4.78 is 9.98. The first kappa shape index (κ1) is 17.4. The predicted molar refractivity (Wildman–Crippen MR) is 77.4 cm³/mol. The second-order valence-electron chi connectivity index (χ2n) is 5.06. The minimum absolute atomic E-state index is 0.0293. The van der Waals surface area contributed by atoms with Crippen LogP contribution in [0, 0.1) is 10.1 Å². The van der Waals surface area contributed by atoms with Crippen molar-refractivity contribution in [3.8, 4) is 5.75 Å². The number of carbonyl (C=O) groups excluding carboxylic acids is 2. The third-order valence-corrected chi connectivity index (χ3v) is 2.88. The molecule has 0 aliphatic rings. The summed E-state index contributed by atoms with van der Waals surface area (Å²) in [6, 6.07) is 4.88. The van der Waals surface area contributed by atoms with Gasteiger partial charge in [-0.3, -0.25) is 14.9 Å². The SMILES string of the molecule is COC(=O)[C@H](C)NC(=O)C(C)(C)Oc1ccccc1[N+](=O)[O-]. The Morgan fingerprint density at radius 1 is 1.32 bits per heavy atom. The largest absolute Gasteiger partial charge is 0.471 e. The predicted octanol–water partition coefficient (Wildman–Crippen LogP) is 1.43. The van der Waals surface area contributed by atoms with E-state index in [9.17, 15) is 19.7 Å². The molecule has 1 aromatic rings. The van der Waals surface area contributed by atoms with Crippen LogP contribution in [0.25, 0.3) is 0 Å². The summed E-state index contributed by atoms with van der Waals surface area (Å²) in [6.45, 7) is 4.36. The molecule has 0 saturated carbocycles. The van der Waals surface area contributed by atoms with Crippen LogP contribution in [0.1, 0.15) is 20.8 Å². The monoisotopic (exact) mass is 310 g/mol. The fourth-order valence-corrected chi connectivity index (χ4v) is 1.62. The fourth-order valence-electron chi connectivity index (χ4n) is 1.62. The molecule has 22 heavy (non-hydrogen) atoms. The van der Waals surface area contributed by atoms with E-state index in [-0.39, 0.29) is 11.4 Å². The number of methoxy groups -OCH3 is 1. The van der Waals surface area contributed by atoms with E-state index in [1.165, 1.54) is 46.1 Å². The topological polar surface area (TPSA) is 108 Å². The third-order valence-electron chi connectivity index (χ3n) is 2.88. The van der Waals surface area contributed by atoms with Crippen molar-refractivity contribution in [1.82, 2.24) is 5.32 Å². The Morgan fingerprint density at radius 3 is 2.45 bits per heavy atom. The van der Waals surface area contributed by atoms with E-state index in [4.69, 9.17) is 4.74 Å². The van der Waals surface area contributed by atoms with E-state index in [0.717, 1.165) is 0 Å². The molecule has 0 aromatic heterocycles. The van der Waals surface area contributed by atoms with Gasteiger partial charge >= 0.3 is 11.7 Å². The lowest BCUT2D eigenvalue weighted by Crippen LogP contribution is -2.51. The molecule has 1 amide bonds. The van der Waals surface area contributed by atoms with Crippen molar-refractivity contribution < 1.29 is 24.0 Å². The molecule has 0 spiro atoms. The summed E-state index contributed by atoms with van der Waals surface area (Å²) in [5, 5.41) is 13.4. The highest BCUT2D eigenvalue weighted by Crippen LogP contribution is 2.29. The van der Waals surface area contributed by atoms with Crippen LogP contribution < -0.4 is 10.1 Å². The van der Waals surface area contributed by atoms with E-state index in [0.29, 0.717) is 0 Å². The minimum Gasteiger partial charge on any atom is -0.471 e. The van der Waals surface area contributed by atoms with Crippen molar-refractivity contribution in [2.24, 2.45) is 0 Å². The van der Waals surface area contributed by atoms with Crippen LogP contribution in [-0.4, -0.2) is 35.6 Å². The van der Waals surface area contributed by atoms with Crippen molar-refractivity contribution in [3.63, 3.8) is 0 Å². The van der Waals surface area contributed by atoms with Crippen molar-refractivity contribution in [1.29, 1.82) is 0 Å². The molecule has 8 nitrogen and oxygen atoms in total. The standard InChI is InChI=1S/C14H18N2O6/c1-9(12(17)21-4)15-13(18)14(2,3)22-11-8-6-5-7-10(11)16(19)20/h5-9H,1-4H3,(H,15,18)/t9-/m0/s1. The summed E-state index contributed by atoms with van der Waals surface area (Å²) in [6.07, 6.45) is 0. The number of esters is 1. The van der Waals surface area contributed by atoms with Gasteiger partial charge in [0.25, 0.3) is 5.91 Å². The number of nitrogens with one attached hydrogen (secondary N) is 1. The summed E-state index contributed by atoms with van der Waals surface area (Å²) >= 11 is 0. The number of benzene rings is 1. The van der Waals surface area contributed by atoms with E-state index in [1.807, 2.05) is 0 Å². The maximum Gasteiger partial charge on any atom is 0.328 e. The van der Waals surface area contributed by atoms with Crippen LogP contribution in [0.5, 0.6) is 5.75 Å². The lowest BCUT2D eigenvalue weighted by atomic mass is 10.1. The Hall–Kier alpha value is -2.64. The van der Waals surface area contributed by atoms with Crippen LogP contribution in [0.15, 0.2) is 24.3 Å².